The first-order chi connectivity index (χ1) is 6.93. The molecular formula is C12H25N3. The summed E-state index contributed by atoms with van der Waals surface area (Å²) < 4.78 is 0. The fourth-order valence-electron chi connectivity index (χ4n) is 1.70. The molecule has 0 saturated heterocycles. The van der Waals surface area contributed by atoms with Crippen LogP contribution in [0.25, 0.3) is 0 Å². The summed E-state index contributed by atoms with van der Waals surface area (Å²) in [5, 5.41) is 12.3. The van der Waals surface area contributed by atoms with Gasteiger partial charge >= 0.3 is 0 Å². The van der Waals surface area contributed by atoms with Crippen molar-refractivity contribution in [3.05, 3.63) is 0 Å². The average Bonchev–Trinajstić information content (AvgIpc) is 2.14. The maximum atomic E-state index is 9.08. The van der Waals surface area contributed by atoms with Crippen LogP contribution in [-0.4, -0.2) is 37.1 Å². The fourth-order valence-corrected chi connectivity index (χ4v) is 1.70. The van der Waals surface area contributed by atoms with Gasteiger partial charge in [-0.1, -0.05) is 20.8 Å². The Balaban J connectivity index is 3.96. The molecule has 3 nitrogen and oxygen atoms in total. The lowest BCUT2D eigenvalue weighted by Crippen LogP contribution is -2.43. The van der Waals surface area contributed by atoms with E-state index >= 15 is 0 Å². The zero-order valence-corrected chi connectivity index (χ0v) is 10.8. The first kappa shape index (κ1) is 14.4. The molecule has 0 aliphatic rings. The maximum absolute atomic E-state index is 9.08. The maximum Gasteiger partial charge on any atom is 0.105 e. The Morgan fingerprint density at radius 3 is 2.47 bits per heavy atom. The van der Waals surface area contributed by atoms with E-state index in [1.807, 2.05) is 13.8 Å². The fraction of sp³-hybridized carbons (Fsp3) is 0.917. The molecule has 0 rings (SSSR count). The number of nitrogens with one attached hydrogen (secondary N) is 1. The second kappa shape index (κ2) is 6.81. The monoisotopic (exact) mass is 211 g/mol. The van der Waals surface area contributed by atoms with Crippen LogP contribution < -0.4 is 5.32 Å². The highest BCUT2D eigenvalue weighted by atomic mass is 15.1. The lowest BCUT2D eigenvalue weighted by molar-refractivity contribution is 0.264. The first-order valence-corrected chi connectivity index (χ1v) is 5.78. The van der Waals surface area contributed by atoms with E-state index < -0.39 is 0 Å². The summed E-state index contributed by atoms with van der Waals surface area (Å²) >= 11 is 0. The van der Waals surface area contributed by atoms with E-state index in [2.05, 4.69) is 37.2 Å². The Hall–Kier alpha value is -0.590. The molecule has 0 aromatic carbocycles. The Kier molecular flexibility index (Phi) is 6.55. The lowest BCUT2D eigenvalue weighted by Gasteiger charge is -2.26. The second-order valence-electron chi connectivity index (χ2n) is 4.88. The van der Waals surface area contributed by atoms with Crippen molar-refractivity contribution in [1.82, 2.24) is 10.2 Å². The molecule has 0 fully saturated rings. The standard InChI is InChI=1S/C12H25N3/c1-6-14-12(4,10-13)7-8-15(5)9-11(2)3/h11,14H,6-9H2,1-5H3. The van der Waals surface area contributed by atoms with Crippen LogP contribution in [0.4, 0.5) is 0 Å². The molecule has 0 radical (unpaired) electrons. The van der Waals surface area contributed by atoms with Gasteiger partial charge in [0.25, 0.3) is 0 Å². The van der Waals surface area contributed by atoms with Gasteiger partial charge in [-0.15, -0.1) is 0 Å². The van der Waals surface area contributed by atoms with Crippen molar-refractivity contribution in [2.24, 2.45) is 5.92 Å². The quantitative estimate of drug-likeness (QED) is 0.698. The minimum Gasteiger partial charge on any atom is -0.306 e. The molecule has 0 aliphatic heterocycles. The molecule has 0 spiro atoms. The Morgan fingerprint density at radius 2 is 2.07 bits per heavy atom. The zero-order chi connectivity index (χ0) is 11.9. The van der Waals surface area contributed by atoms with Gasteiger partial charge in [0.1, 0.15) is 5.54 Å². The summed E-state index contributed by atoms with van der Waals surface area (Å²) in [5.41, 5.74) is -0.375. The SMILES string of the molecule is CCNC(C)(C#N)CCN(C)CC(C)C. The number of hydrogen-bond donors (Lipinski definition) is 1. The van der Waals surface area contributed by atoms with Gasteiger partial charge in [0, 0.05) is 13.1 Å². The molecule has 88 valence electrons. The molecule has 3 heteroatoms. The highest BCUT2D eigenvalue weighted by Gasteiger charge is 2.22. The van der Waals surface area contributed by atoms with Crippen LogP contribution in [0.3, 0.4) is 0 Å². The normalized spacial score (nSPS) is 15.3. The molecule has 1 unspecified atom stereocenters. The van der Waals surface area contributed by atoms with Gasteiger partial charge in [0.15, 0.2) is 0 Å². The van der Waals surface area contributed by atoms with Crippen molar-refractivity contribution < 1.29 is 0 Å². The Labute approximate surface area is 94.5 Å². The largest absolute Gasteiger partial charge is 0.306 e. The third kappa shape index (κ3) is 6.48. The van der Waals surface area contributed by atoms with Crippen LogP contribution in [0.1, 0.15) is 34.1 Å². The van der Waals surface area contributed by atoms with Crippen LogP contribution in [-0.2, 0) is 0 Å². The molecule has 1 N–H and O–H groups in total. The summed E-state index contributed by atoms with van der Waals surface area (Å²) in [4.78, 5) is 2.29. The van der Waals surface area contributed by atoms with E-state index in [0.717, 1.165) is 26.1 Å². The van der Waals surface area contributed by atoms with Crippen LogP contribution in [0.2, 0.25) is 0 Å². The van der Waals surface area contributed by atoms with Gasteiger partial charge in [0.2, 0.25) is 0 Å². The van der Waals surface area contributed by atoms with Crippen LogP contribution in [0.5, 0.6) is 0 Å². The van der Waals surface area contributed by atoms with Gasteiger partial charge in [-0.25, -0.2) is 0 Å². The van der Waals surface area contributed by atoms with E-state index in [1.165, 1.54) is 0 Å². The third-order valence-electron chi connectivity index (χ3n) is 2.48. The number of nitriles is 1. The number of rotatable bonds is 7. The molecular weight excluding hydrogens is 186 g/mol. The highest BCUT2D eigenvalue weighted by Crippen LogP contribution is 2.09. The van der Waals surface area contributed by atoms with E-state index in [1.54, 1.807) is 0 Å². The van der Waals surface area contributed by atoms with Gasteiger partial charge in [0.05, 0.1) is 6.07 Å². The lowest BCUT2D eigenvalue weighted by atomic mass is 9.99. The van der Waals surface area contributed by atoms with Crippen molar-refractivity contribution in [3.63, 3.8) is 0 Å². The highest BCUT2D eigenvalue weighted by molar-refractivity contribution is 5.03. The Bertz CT molecular complexity index is 207. The number of nitrogens with zero attached hydrogens (tertiary/aromatic N) is 2. The minimum atomic E-state index is -0.375. The van der Waals surface area contributed by atoms with E-state index in [0.29, 0.717) is 5.92 Å². The van der Waals surface area contributed by atoms with Crippen molar-refractivity contribution in [3.8, 4) is 6.07 Å². The molecule has 0 aromatic heterocycles. The molecule has 0 heterocycles. The summed E-state index contributed by atoms with van der Waals surface area (Å²) in [7, 11) is 2.11. The minimum absolute atomic E-state index is 0.375. The predicted octanol–water partition coefficient (Wildman–Crippen LogP) is 1.86. The smallest absolute Gasteiger partial charge is 0.105 e. The van der Waals surface area contributed by atoms with Crippen LogP contribution in [0, 0.1) is 17.2 Å². The number of hydrogen-bond acceptors (Lipinski definition) is 3. The molecule has 0 amide bonds. The second-order valence-corrected chi connectivity index (χ2v) is 4.88. The zero-order valence-electron chi connectivity index (χ0n) is 10.8. The topological polar surface area (TPSA) is 39.1 Å². The Morgan fingerprint density at radius 1 is 1.47 bits per heavy atom. The molecule has 0 aromatic rings. The summed E-state index contributed by atoms with van der Waals surface area (Å²) in [6.45, 7) is 11.3. The predicted molar refractivity (Wildman–Crippen MR) is 64.6 cm³/mol. The average molecular weight is 211 g/mol. The van der Waals surface area contributed by atoms with Crippen LogP contribution >= 0.6 is 0 Å². The first-order valence-electron chi connectivity index (χ1n) is 5.78. The summed E-state index contributed by atoms with van der Waals surface area (Å²) in [5.74, 6) is 0.683. The molecule has 0 bridgehead atoms. The van der Waals surface area contributed by atoms with E-state index in [4.69, 9.17) is 5.26 Å². The van der Waals surface area contributed by atoms with E-state index in [-0.39, 0.29) is 5.54 Å². The van der Waals surface area contributed by atoms with Gasteiger partial charge in [-0.05, 0) is 32.9 Å². The van der Waals surface area contributed by atoms with Crippen molar-refractivity contribution in [1.29, 1.82) is 5.26 Å². The van der Waals surface area contributed by atoms with Gasteiger partial charge in [-0.2, -0.15) is 5.26 Å². The van der Waals surface area contributed by atoms with Crippen molar-refractivity contribution in [2.45, 2.75) is 39.7 Å². The molecule has 15 heavy (non-hydrogen) atoms. The van der Waals surface area contributed by atoms with Gasteiger partial charge < -0.3 is 4.90 Å². The molecule has 0 saturated carbocycles. The molecule has 1 atom stereocenters. The van der Waals surface area contributed by atoms with E-state index in [9.17, 15) is 0 Å². The van der Waals surface area contributed by atoms with Gasteiger partial charge in [-0.3, -0.25) is 5.32 Å². The van der Waals surface area contributed by atoms with Crippen molar-refractivity contribution in [2.75, 3.05) is 26.7 Å². The summed E-state index contributed by atoms with van der Waals surface area (Å²) in [6.07, 6.45) is 0.876. The molecule has 0 aliphatic carbocycles. The van der Waals surface area contributed by atoms with Crippen LogP contribution in [0.15, 0.2) is 0 Å². The third-order valence-corrected chi connectivity index (χ3v) is 2.48. The summed E-state index contributed by atoms with van der Waals surface area (Å²) in [6, 6.07) is 2.35. The van der Waals surface area contributed by atoms with Crippen molar-refractivity contribution >= 4 is 0 Å².